The van der Waals surface area contributed by atoms with Crippen molar-refractivity contribution >= 4 is 17.3 Å². The largest absolute Gasteiger partial charge is 0.353 e. The van der Waals surface area contributed by atoms with E-state index in [4.69, 9.17) is 5.84 Å². The molecule has 0 saturated heterocycles. The van der Waals surface area contributed by atoms with Crippen molar-refractivity contribution in [1.82, 2.24) is 10.7 Å². The lowest BCUT2D eigenvalue weighted by atomic mass is 10.2. The van der Waals surface area contributed by atoms with Gasteiger partial charge in [0.15, 0.2) is 0 Å². The van der Waals surface area contributed by atoms with Crippen LogP contribution in [0.15, 0.2) is 21.8 Å². The Hall–Kier alpha value is -1.07. The maximum atomic E-state index is 5.47. The Morgan fingerprint density at radius 3 is 2.94 bits per heavy atom. The molecular formula is C12H20N4S. The number of thiophene rings is 1. The van der Waals surface area contributed by atoms with Gasteiger partial charge in [0.05, 0.1) is 0 Å². The van der Waals surface area contributed by atoms with Gasteiger partial charge in [-0.05, 0) is 41.7 Å². The molecule has 0 aliphatic heterocycles. The molecule has 1 aliphatic rings. The highest BCUT2D eigenvalue weighted by Gasteiger charge is 2.15. The zero-order valence-corrected chi connectivity index (χ0v) is 10.8. The van der Waals surface area contributed by atoms with E-state index in [1.807, 2.05) is 0 Å². The Bertz CT molecular complexity index is 341. The predicted octanol–water partition coefficient (Wildman–Crippen LogP) is 1.64. The molecule has 1 fully saturated rings. The lowest BCUT2D eigenvalue weighted by Crippen LogP contribution is -2.45. The summed E-state index contributed by atoms with van der Waals surface area (Å²) >= 11 is 1.73. The highest BCUT2D eigenvalue weighted by Crippen LogP contribution is 2.17. The quantitative estimate of drug-likeness (QED) is 0.330. The van der Waals surface area contributed by atoms with Crippen LogP contribution in [0.25, 0.3) is 0 Å². The summed E-state index contributed by atoms with van der Waals surface area (Å²) in [6, 6.07) is 2.69. The average molecular weight is 252 g/mol. The molecule has 0 atom stereocenters. The van der Waals surface area contributed by atoms with E-state index in [2.05, 4.69) is 32.6 Å². The molecule has 4 N–H and O–H groups in total. The minimum atomic E-state index is 0.547. The lowest BCUT2D eigenvalue weighted by Gasteiger charge is -2.14. The zero-order valence-electron chi connectivity index (χ0n) is 9.98. The molecule has 0 bridgehead atoms. The van der Waals surface area contributed by atoms with E-state index in [0.29, 0.717) is 6.04 Å². The first-order valence-electron chi connectivity index (χ1n) is 6.17. The first-order valence-corrected chi connectivity index (χ1v) is 7.11. The second kappa shape index (κ2) is 6.61. The number of nitrogens with two attached hydrogens (primary N) is 1. The number of nitrogens with zero attached hydrogens (tertiary/aromatic N) is 1. The van der Waals surface area contributed by atoms with Crippen molar-refractivity contribution in [3.63, 3.8) is 0 Å². The number of nitrogens with one attached hydrogen (secondary N) is 2. The van der Waals surface area contributed by atoms with Crippen LogP contribution in [0.4, 0.5) is 0 Å². The van der Waals surface area contributed by atoms with E-state index in [9.17, 15) is 0 Å². The fraction of sp³-hybridized carbons (Fsp3) is 0.583. The molecule has 1 aromatic rings. The molecule has 0 radical (unpaired) electrons. The highest BCUT2D eigenvalue weighted by molar-refractivity contribution is 7.07. The maximum absolute atomic E-state index is 5.47. The Balaban J connectivity index is 1.76. The summed E-state index contributed by atoms with van der Waals surface area (Å²) in [6.07, 6.45) is 6.05. The first-order chi connectivity index (χ1) is 8.38. The summed E-state index contributed by atoms with van der Waals surface area (Å²) in [5.41, 5.74) is 3.99. The molecule has 1 aliphatic carbocycles. The van der Waals surface area contributed by atoms with Crippen LogP contribution in [-0.4, -0.2) is 18.5 Å². The topological polar surface area (TPSA) is 62.4 Å². The fourth-order valence-electron chi connectivity index (χ4n) is 2.13. The van der Waals surface area contributed by atoms with E-state index >= 15 is 0 Å². The van der Waals surface area contributed by atoms with Gasteiger partial charge in [-0.25, -0.2) is 5.84 Å². The number of guanidine groups is 1. The highest BCUT2D eigenvalue weighted by atomic mass is 32.1. The average Bonchev–Trinajstić information content (AvgIpc) is 3.00. The van der Waals surface area contributed by atoms with Gasteiger partial charge in [0, 0.05) is 12.6 Å². The van der Waals surface area contributed by atoms with E-state index in [1.165, 1.54) is 31.2 Å². The van der Waals surface area contributed by atoms with E-state index in [1.54, 1.807) is 11.3 Å². The number of hydrogen-bond donors (Lipinski definition) is 3. The van der Waals surface area contributed by atoms with Crippen LogP contribution < -0.4 is 16.6 Å². The number of aliphatic imine (C=N–C) groups is 1. The lowest BCUT2D eigenvalue weighted by molar-refractivity contribution is 0.614. The zero-order chi connectivity index (χ0) is 11.9. The SMILES string of the molecule is NNC(=NCCc1ccsc1)NC1CCCC1. The van der Waals surface area contributed by atoms with Crippen molar-refractivity contribution in [3.05, 3.63) is 22.4 Å². The minimum absolute atomic E-state index is 0.547. The van der Waals surface area contributed by atoms with Gasteiger partial charge in [-0.3, -0.25) is 10.4 Å². The van der Waals surface area contributed by atoms with Crippen molar-refractivity contribution in [1.29, 1.82) is 0 Å². The molecular weight excluding hydrogens is 232 g/mol. The molecule has 94 valence electrons. The number of hydrogen-bond acceptors (Lipinski definition) is 3. The molecule has 4 nitrogen and oxygen atoms in total. The molecule has 0 aromatic carbocycles. The van der Waals surface area contributed by atoms with Gasteiger partial charge < -0.3 is 5.32 Å². The van der Waals surface area contributed by atoms with Crippen LogP contribution in [0.5, 0.6) is 0 Å². The third-order valence-corrected chi connectivity index (χ3v) is 3.82. The third-order valence-electron chi connectivity index (χ3n) is 3.08. The molecule has 0 spiro atoms. The number of hydrazine groups is 1. The van der Waals surface area contributed by atoms with Crippen LogP contribution in [0.2, 0.25) is 0 Å². The molecule has 17 heavy (non-hydrogen) atoms. The minimum Gasteiger partial charge on any atom is -0.353 e. The second-order valence-electron chi connectivity index (χ2n) is 4.38. The van der Waals surface area contributed by atoms with Gasteiger partial charge >= 0.3 is 0 Å². The van der Waals surface area contributed by atoms with Gasteiger partial charge in [-0.1, -0.05) is 12.8 Å². The molecule has 0 amide bonds. The van der Waals surface area contributed by atoms with Crippen molar-refractivity contribution in [2.24, 2.45) is 10.8 Å². The smallest absolute Gasteiger partial charge is 0.205 e. The van der Waals surface area contributed by atoms with Gasteiger partial charge in [-0.2, -0.15) is 11.3 Å². The van der Waals surface area contributed by atoms with E-state index in [0.717, 1.165) is 18.9 Å². The molecule has 5 heteroatoms. The van der Waals surface area contributed by atoms with Crippen LogP contribution >= 0.6 is 11.3 Å². The van der Waals surface area contributed by atoms with Crippen LogP contribution in [-0.2, 0) is 6.42 Å². The van der Waals surface area contributed by atoms with Crippen molar-refractivity contribution in [2.45, 2.75) is 38.1 Å². The Kier molecular flexibility index (Phi) is 4.82. The molecule has 1 aromatic heterocycles. The summed E-state index contributed by atoms with van der Waals surface area (Å²) < 4.78 is 0. The predicted molar refractivity (Wildman–Crippen MR) is 73.0 cm³/mol. The number of rotatable bonds is 4. The van der Waals surface area contributed by atoms with Crippen molar-refractivity contribution < 1.29 is 0 Å². The monoisotopic (exact) mass is 252 g/mol. The summed E-state index contributed by atoms with van der Waals surface area (Å²) in [5, 5.41) is 7.62. The van der Waals surface area contributed by atoms with E-state index < -0.39 is 0 Å². The molecule has 1 saturated carbocycles. The third kappa shape index (κ3) is 4.02. The van der Waals surface area contributed by atoms with Gasteiger partial charge in [0.25, 0.3) is 0 Å². The maximum Gasteiger partial charge on any atom is 0.205 e. The van der Waals surface area contributed by atoms with Crippen molar-refractivity contribution in [3.8, 4) is 0 Å². The van der Waals surface area contributed by atoms with Crippen LogP contribution in [0, 0.1) is 0 Å². The Morgan fingerprint density at radius 2 is 2.29 bits per heavy atom. The Morgan fingerprint density at radius 1 is 1.47 bits per heavy atom. The molecule has 1 heterocycles. The van der Waals surface area contributed by atoms with Gasteiger partial charge in [0.2, 0.25) is 5.96 Å². The normalized spacial score (nSPS) is 17.4. The summed E-state index contributed by atoms with van der Waals surface area (Å²) in [6.45, 7) is 0.774. The van der Waals surface area contributed by atoms with Crippen LogP contribution in [0.1, 0.15) is 31.2 Å². The summed E-state index contributed by atoms with van der Waals surface area (Å²) in [4.78, 5) is 4.45. The molecule has 2 rings (SSSR count). The second-order valence-corrected chi connectivity index (χ2v) is 5.16. The fourth-order valence-corrected chi connectivity index (χ4v) is 2.83. The molecule has 0 unspecified atom stereocenters. The van der Waals surface area contributed by atoms with Crippen molar-refractivity contribution in [2.75, 3.05) is 6.54 Å². The summed E-state index contributed by atoms with van der Waals surface area (Å²) in [5.74, 6) is 6.20. The van der Waals surface area contributed by atoms with Crippen LogP contribution in [0.3, 0.4) is 0 Å². The first kappa shape index (κ1) is 12.4. The van der Waals surface area contributed by atoms with E-state index in [-0.39, 0.29) is 0 Å². The standard InChI is InChI=1S/C12H20N4S/c13-16-12(15-11-3-1-2-4-11)14-7-5-10-6-8-17-9-10/h6,8-9,11H,1-5,7,13H2,(H2,14,15,16). The van der Waals surface area contributed by atoms with Gasteiger partial charge in [-0.15, -0.1) is 0 Å². The van der Waals surface area contributed by atoms with Gasteiger partial charge in [0.1, 0.15) is 0 Å². The summed E-state index contributed by atoms with van der Waals surface area (Å²) in [7, 11) is 0. The Labute approximate surface area is 106 Å².